The van der Waals surface area contributed by atoms with Crippen molar-refractivity contribution in [2.45, 2.75) is 25.7 Å². The maximum Gasteiger partial charge on any atom is 0.307 e. The second-order valence-electron chi connectivity index (χ2n) is 6.38. The molecule has 0 saturated carbocycles. The molecule has 0 aliphatic carbocycles. The average molecular weight is 355 g/mol. The van der Waals surface area contributed by atoms with Gasteiger partial charge in [-0.05, 0) is 30.7 Å². The number of nitrogens with one attached hydrogen (secondary N) is 1. The number of nitriles is 1. The molecule has 1 aromatic carbocycles. The Balaban J connectivity index is 1.80. The van der Waals surface area contributed by atoms with Crippen LogP contribution >= 0.6 is 0 Å². The van der Waals surface area contributed by atoms with Crippen molar-refractivity contribution in [3.8, 4) is 6.07 Å². The Kier molecular flexibility index (Phi) is 7.69. The van der Waals surface area contributed by atoms with Crippen molar-refractivity contribution in [2.24, 2.45) is 5.92 Å². The minimum atomic E-state index is -0.337. The molecule has 1 aliphatic rings. The summed E-state index contributed by atoms with van der Waals surface area (Å²) in [6.45, 7) is 1.65. The third-order valence-corrected chi connectivity index (χ3v) is 4.57. The van der Waals surface area contributed by atoms with Crippen LogP contribution in [0.2, 0.25) is 0 Å². The molecular formula is C20H25N3O3. The maximum atomic E-state index is 12.5. The first-order chi connectivity index (χ1) is 12.6. The Morgan fingerprint density at radius 2 is 2.00 bits per heavy atom. The minimum Gasteiger partial charge on any atom is -0.469 e. The summed E-state index contributed by atoms with van der Waals surface area (Å²) < 4.78 is 4.54. The molecule has 1 heterocycles. The number of methoxy groups -OCH3 is 1. The zero-order chi connectivity index (χ0) is 18.8. The molecule has 0 atom stereocenters. The molecule has 1 aliphatic heterocycles. The number of nitrogens with zero attached hydrogens (tertiary/aromatic N) is 2. The highest BCUT2D eigenvalue weighted by molar-refractivity contribution is 5.97. The predicted molar refractivity (Wildman–Crippen MR) is 97.8 cm³/mol. The van der Waals surface area contributed by atoms with Gasteiger partial charge in [0, 0.05) is 25.8 Å². The second-order valence-corrected chi connectivity index (χ2v) is 6.38. The summed E-state index contributed by atoms with van der Waals surface area (Å²) in [5.41, 5.74) is 1.39. The Morgan fingerprint density at radius 3 is 2.62 bits per heavy atom. The molecule has 6 heteroatoms. The normalized spacial score (nSPS) is 15.2. The predicted octanol–water partition coefficient (Wildman–Crippen LogP) is 2.03. The lowest BCUT2D eigenvalue weighted by molar-refractivity contribution is -0.140. The SMILES string of the molecule is COC(=O)CCN/C=C(/C#N)C(=O)N1CCC(Cc2ccccc2)CC1. The van der Waals surface area contributed by atoms with E-state index in [4.69, 9.17) is 0 Å². The molecule has 1 fully saturated rings. The van der Waals surface area contributed by atoms with Crippen LogP contribution in [0.5, 0.6) is 0 Å². The standard InChI is InChI=1S/C20H25N3O3/c1-26-19(24)7-10-22-15-18(14-21)20(25)23-11-8-17(9-12-23)13-16-5-3-2-4-6-16/h2-6,15,17,22H,7-13H2,1H3/b18-15-. The van der Waals surface area contributed by atoms with Crippen molar-refractivity contribution in [1.82, 2.24) is 10.2 Å². The molecule has 0 spiro atoms. The van der Waals surface area contributed by atoms with E-state index in [0.29, 0.717) is 25.6 Å². The molecular weight excluding hydrogens is 330 g/mol. The van der Waals surface area contributed by atoms with E-state index in [1.165, 1.54) is 18.9 Å². The van der Waals surface area contributed by atoms with E-state index in [0.717, 1.165) is 19.3 Å². The first-order valence-corrected chi connectivity index (χ1v) is 8.87. The fourth-order valence-corrected chi connectivity index (χ4v) is 3.05. The Labute approximate surface area is 154 Å². The number of carbonyl (C=O) groups is 2. The van der Waals surface area contributed by atoms with Gasteiger partial charge in [0.1, 0.15) is 11.6 Å². The van der Waals surface area contributed by atoms with Crippen LogP contribution in [0, 0.1) is 17.2 Å². The van der Waals surface area contributed by atoms with E-state index in [1.807, 2.05) is 24.3 Å². The third-order valence-electron chi connectivity index (χ3n) is 4.57. The maximum absolute atomic E-state index is 12.5. The lowest BCUT2D eigenvalue weighted by atomic mass is 9.90. The average Bonchev–Trinajstić information content (AvgIpc) is 2.68. The van der Waals surface area contributed by atoms with E-state index in [9.17, 15) is 14.9 Å². The molecule has 0 bridgehead atoms. The number of esters is 1. The number of hydrogen-bond acceptors (Lipinski definition) is 5. The fourth-order valence-electron chi connectivity index (χ4n) is 3.05. The summed E-state index contributed by atoms with van der Waals surface area (Å²) in [6, 6.07) is 12.3. The quantitative estimate of drug-likeness (QED) is 0.350. The molecule has 138 valence electrons. The van der Waals surface area contributed by atoms with E-state index >= 15 is 0 Å². The number of carbonyl (C=O) groups excluding carboxylic acids is 2. The largest absolute Gasteiger partial charge is 0.469 e. The smallest absolute Gasteiger partial charge is 0.307 e. The number of piperidine rings is 1. The highest BCUT2D eigenvalue weighted by Crippen LogP contribution is 2.22. The van der Waals surface area contributed by atoms with Crippen LogP contribution in [0.1, 0.15) is 24.8 Å². The molecule has 0 aromatic heterocycles. The summed E-state index contributed by atoms with van der Waals surface area (Å²) >= 11 is 0. The number of rotatable bonds is 7. The first kappa shape index (κ1) is 19.5. The number of likely N-dealkylation sites (tertiary alicyclic amines) is 1. The van der Waals surface area contributed by atoms with Crippen molar-refractivity contribution in [3.05, 3.63) is 47.7 Å². The zero-order valence-corrected chi connectivity index (χ0v) is 15.1. The van der Waals surface area contributed by atoms with Gasteiger partial charge >= 0.3 is 5.97 Å². The monoisotopic (exact) mass is 355 g/mol. The Bertz CT molecular complexity index is 671. The number of ether oxygens (including phenoxy) is 1. The summed E-state index contributed by atoms with van der Waals surface area (Å²) in [5, 5.41) is 12.1. The molecule has 1 aromatic rings. The summed E-state index contributed by atoms with van der Waals surface area (Å²) in [5.74, 6) is -0.0263. The molecule has 1 N–H and O–H groups in total. The van der Waals surface area contributed by atoms with Gasteiger partial charge in [-0.3, -0.25) is 9.59 Å². The van der Waals surface area contributed by atoms with Gasteiger partial charge in [-0.25, -0.2) is 0 Å². The molecule has 0 radical (unpaired) electrons. The van der Waals surface area contributed by atoms with Crippen LogP contribution in [-0.4, -0.2) is 43.5 Å². The molecule has 1 amide bonds. The Morgan fingerprint density at radius 1 is 1.31 bits per heavy atom. The van der Waals surface area contributed by atoms with E-state index < -0.39 is 0 Å². The molecule has 2 rings (SSSR count). The topological polar surface area (TPSA) is 82.4 Å². The Hall–Kier alpha value is -2.81. The molecule has 6 nitrogen and oxygen atoms in total. The number of benzene rings is 1. The van der Waals surface area contributed by atoms with Crippen LogP contribution in [0.15, 0.2) is 42.1 Å². The summed E-state index contributed by atoms with van der Waals surface area (Å²) in [4.78, 5) is 25.3. The van der Waals surface area contributed by atoms with E-state index in [-0.39, 0.29) is 23.9 Å². The number of hydrogen-bond donors (Lipinski definition) is 1. The molecule has 1 saturated heterocycles. The fraction of sp³-hybridized carbons (Fsp3) is 0.450. The van der Waals surface area contributed by atoms with Crippen molar-refractivity contribution >= 4 is 11.9 Å². The van der Waals surface area contributed by atoms with Gasteiger partial charge < -0.3 is 15.0 Å². The van der Waals surface area contributed by atoms with Gasteiger partial charge in [-0.2, -0.15) is 5.26 Å². The zero-order valence-electron chi connectivity index (χ0n) is 15.1. The van der Waals surface area contributed by atoms with E-state index in [1.54, 1.807) is 4.90 Å². The van der Waals surface area contributed by atoms with Gasteiger partial charge in [-0.15, -0.1) is 0 Å². The first-order valence-electron chi connectivity index (χ1n) is 8.87. The number of amides is 1. The van der Waals surface area contributed by atoms with Crippen LogP contribution < -0.4 is 5.32 Å². The van der Waals surface area contributed by atoms with Gasteiger partial charge in [0.05, 0.1) is 13.5 Å². The van der Waals surface area contributed by atoms with Gasteiger partial charge in [-0.1, -0.05) is 30.3 Å². The van der Waals surface area contributed by atoms with E-state index in [2.05, 4.69) is 22.2 Å². The lowest BCUT2D eigenvalue weighted by Gasteiger charge is -2.32. The highest BCUT2D eigenvalue weighted by Gasteiger charge is 2.25. The van der Waals surface area contributed by atoms with Crippen LogP contribution in [0.25, 0.3) is 0 Å². The van der Waals surface area contributed by atoms with Gasteiger partial charge in [0.25, 0.3) is 5.91 Å². The third kappa shape index (κ3) is 5.92. The van der Waals surface area contributed by atoms with Crippen molar-refractivity contribution in [3.63, 3.8) is 0 Å². The van der Waals surface area contributed by atoms with Crippen LogP contribution in [-0.2, 0) is 20.7 Å². The summed E-state index contributed by atoms with van der Waals surface area (Å²) in [6.07, 6.45) is 4.48. The summed E-state index contributed by atoms with van der Waals surface area (Å²) in [7, 11) is 1.32. The van der Waals surface area contributed by atoms with Crippen molar-refractivity contribution in [2.75, 3.05) is 26.7 Å². The molecule has 26 heavy (non-hydrogen) atoms. The van der Waals surface area contributed by atoms with Crippen molar-refractivity contribution in [1.29, 1.82) is 5.26 Å². The van der Waals surface area contributed by atoms with Gasteiger partial charge in [0.15, 0.2) is 0 Å². The second kappa shape index (κ2) is 10.2. The van der Waals surface area contributed by atoms with Gasteiger partial charge in [0.2, 0.25) is 0 Å². The van der Waals surface area contributed by atoms with Crippen molar-refractivity contribution < 1.29 is 14.3 Å². The lowest BCUT2D eigenvalue weighted by Crippen LogP contribution is -2.39. The molecule has 0 unspecified atom stereocenters. The highest BCUT2D eigenvalue weighted by atomic mass is 16.5. The van der Waals surface area contributed by atoms with Crippen LogP contribution in [0.3, 0.4) is 0 Å². The van der Waals surface area contributed by atoms with Crippen LogP contribution in [0.4, 0.5) is 0 Å². The minimum absolute atomic E-state index is 0.0661.